The summed E-state index contributed by atoms with van der Waals surface area (Å²) >= 11 is 0. The van der Waals surface area contributed by atoms with E-state index in [4.69, 9.17) is 5.73 Å². The molecular weight excluding hydrogens is 277 g/mol. The maximum absolute atomic E-state index is 14.3. The van der Waals surface area contributed by atoms with Gasteiger partial charge in [0.1, 0.15) is 6.17 Å². The van der Waals surface area contributed by atoms with Crippen molar-refractivity contribution < 1.29 is 9.50 Å². The van der Waals surface area contributed by atoms with Crippen molar-refractivity contribution in [3.63, 3.8) is 0 Å². The van der Waals surface area contributed by atoms with Gasteiger partial charge in [-0.3, -0.25) is 0 Å². The molecule has 0 radical (unpaired) electrons. The zero-order valence-corrected chi connectivity index (χ0v) is 13.9. The molecule has 0 unspecified atom stereocenters. The van der Waals surface area contributed by atoms with Crippen LogP contribution in [0.15, 0.2) is 11.6 Å². The van der Waals surface area contributed by atoms with Crippen LogP contribution in [0.3, 0.4) is 0 Å². The first-order chi connectivity index (χ1) is 10.4. The van der Waals surface area contributed by atoms with Gasteiger partial charge >= 0.3 is 0 Å². The third-order valence-electron chi connectivity index (χ3n) is 8.16. The smallest absolute Gasteiger partial charge is 0.116 e. The van der Waals surface area contributed by atoms with Crippen molar-refractivity contribution >= 4 is 0 Å². The average Bonchev–Trinajstić information content (AvgIpc) is 2.72. The van der Waals surface area contributed by atoms with E-state index in [9.17, 15) is 9.50 Å². The van der Waals surface area contributed by atoms with Gasteiger partial charge < -0.3 is 10.8 Å². The minimum absolute atomic E-state index is 0.00629. The first kappa shape index (κ1) is 15.1. The average molecular weight is 307 g/mol. The number of fused-ring (bicyclic) bond motifs is 5. The van der Waals surface area contributed by atoms with E-state index < -0.39 is 6.17 Å². The zero-order chi connectivity index (χ0) is 15.7. The van der Waals surface area contributed by atoms with Crippen LogP contribution in [-0.2, 0) is 0 Å². The Kier molecular flexibility index (Phi) is 3.30. The first-order valence-electron chi connectivity index (χ1n) is 9.15. The SMILES string of the molecule is C[C@]12CC[C@H]3[C@@H](CCC4=C[C@H](O)CC[C@@]43C)[C@@H]1C[C@H](F)[C@@H]2N. The number of hydrogen-bond donors (Lipinski definition) is 2. The van der Waals surface area contributed by atoms with Gasteiger partial charge in [-0.25, -0.2) is 4.39 Å². The van der Waals surface area contributed by atoms with E-state index in [-0.39, 0.29) is 23.0 Å². The molecule has 0 saturated heterocycles. The molecule has 0 aromatic heterocycles. The van der Waals surface area contributed by atoms with E-state index in [1.54, 1.807) is 0 Å². The van der Waals surface area contributed by atoms with Gasteiger partial charge in [0.15, 0.2) is 0 Å². The number of nitrogens with two attached hydrogens (primary N) is 1. The van der Waals surface area contributed by atoms with Crippen molar-refractivity contribution in [1.29, 1.82) is 0 Å². The molecule has 3 N–H and O–H groups in total. The molecular formula is C19H30FNO. The molecule has 2 nitrogen and oxygen atoms in total. The van der Waals surface area contributed by atoms with Crippen LogP contribution >= 0.6 is 0 Å². The van der Waals surface area contributed by atoms with Crippen LogP contribution in [0.25, 0.3) is 0 Å². The van der Waals surface area contributed by atoms with Gasteiger partial charge in [0.2, 0.25) is 0 Å². The van der Waals surface area contributed by atoms with E-state index in [1.807, 2.05) is 0 Å². The fourth-order valence-corrected chi connectivity index (χ4v) is 6.72. The molecule has 4 rings (SSSR count). The number of aliphatic hydroxyl groups excluding tert-OH is 1. The lowest BCUT2D eigenvalue weighted by atomic mass is 9.47. The molecule has 0 amide bonds. The molecule has 0 spiro atoms. The van der Waals surface area contributed by atoms with Gasteiger partial charge in [-0.2, -0.15) is 0 Å². The largest absolute Gasteiger partial charge is 0.389 e. The Balaban J connectivity index is 1.68. The lowest BCUT2D eigenvalue weighted by Crippen LogP contribution is -2.53. The van der Waals surface area contributed by atoms with Crippen molar-refractivity contribution in [1.82, 2.24) is 0 Å². The maximum atomic E-state index is 14.3. The molecule has 0 heterocycles. The third-order valence-corrected chi connectivity index (χ3v) is 8.16. The second-order valence-electron chi connectivity index (χ2n) is 8.95. The van der Waals surface area contributed by atoms with Crippen molar-refractivity contribution in [3.8, 4) is 0 Å². The predicted octanol–water partition coefficient (Wildman–Crippen LogP) is 3.59. The highest BCUT2D eigenvalue weighted by atomic mass is 19.1. The summed E-state index contributed by atoms with van der Waals surface area (Å²) in [4.78, 5) is 0. The number of halogens is 1. The Bertz CT molecular complexity index is 506. The fourth-order valence-electron chi connectivity index (χ4n) is 6.72. The highest BCUT2D eigenvalue weighted by Gasteiger charge is 2.60. The molecule has 3 saturated carbocycles. The van der Waals surface area contributed by atoms with Gasteiger partial charge in [0.25, 0.3) is 0 Å². The highest BCUT2D eigenvalue weighted by molar-refractivity contribution is 5.25. The van der Waals surface area contributed by atoms with E-state index >= 15 is 0 Å². The topological polar surface area (TPSA) is 46.2 Å². The normalized spacial score (nSPS) is 57.6. The summed E-state index contributed by atoms with van der Waals surface area (Å²) in [5.41, 5.74) is 7.98. The first-order valence-corrected chi connectivity index (χ1v) is 9.15. The Hall–Kier alpha value is -0.410. The van der Waals surface area contributed by atoms with Gasteiger partial charge in [0, 0.05) is 6.04 Å². The molecule has 0 aliphatic heterocycles. The summed E-state index contributed by atoms with van der Waals surface area (Å²) in [6.07, 6.45) is 8.24. The van der Waals surface area contributed by atoms with Gasteiger partial charge in [0.05, 0.1) is 6.10 Å². The number of alkyl halides is 1. The second kappa shape index (κ2) is 4.80. The number of aliphatic hydroxyl groups is 1. The molecule has 4 aliphatic rings. The monoisotopic (exact) mass is 307 g/mol. The van der Waals surface area contributed by atoms with E-state index in [1.165, 1.54) is 18.4 Å². The van der Waals surface area contributed by atoms with Crippen LogP contribution < -0.4 is 5.73 Å². The fraction of sp³-hybridized carbons (Fsp3) is 0.895. The molecule has 8 atom stereocenters. The van der Waals surface area contributed by atoms with E-state index in [0.29, 0.717) is 24.2 Å². The van der Waals surface area contributed by atoms with Crippen LogP contribution in [0.4, 0.5) is 4.39 Å². The summed E-state index contributed by atoms with van der Waals surface area (Å²) in [5, 5.41) is 9.98. The van der Waals surface area contributed by atoms with E-state index in [0.717, 1.165) is 25.7 Å². The van der Waals surface area contributed by atoms with Gasteiger partial charge in [-0.05, 0) is 73.5 Å². The molecule has 22 heavy (non-hydrogen) atoms. The van der Waals surface area contributed by atoms with Crippen LogP contribution in [0.1, 0.15) is 58.8 Å². The molecule has 3 heteroatoms. The Labute approximate surface area is 133 Å². The quantitative estimate of drug-likeness (QED) is 0.672. The van der Waals surface area contributed by atoms with Gasteiger partial charge in [-0.1, -0.05) is 25.5 Å². The number of hydrogen-bond acceptors (Lipinski definition) is 2. The zero-order valence-electron chi connectivity index (χ0n) is 13.9. The maximum Gasteiger partial charge on any atom is 0.116 e. The molecule has 124 valence electrons. The van der Waals surface area contributed by atoms with Gasteiger partial charge in [-0.15, -0.1) is 0 Å². The number of rotatable bonds is 0. The van der Waals surface area contributed by atoms with Crippen molar-refractivity contribution in [2.24, 2.45) is 34.3 Å². The molecule has 0 aromatic rings. The Morgan fingerprint density at radius 2 is 1.95 bits per heavy atom. The summed E-state index contributed by atoms with van der Waals surface area (Å²) in [6, 6.07) is -0.267. The summed E-state index contributed by atoms with van der Waals surface area (Å²) in [5.74, 6) is 1.75. The molecule has 4 aliphatic carbocycles. The van der Waals surface area contributed by atoms with Crippen LogP contribution in [-0.4, -0.2) is 23.4 Å². The summed E-state index contributed by atoms with van der Waals surface area (Å²) in [6.45, 7) is 4.66. The lowest BCUT2D eigenvalue weighted by molar-refractivity contribution is -0.0454. The summed E-state index contributed by atoms with van der Waals surface area (Å²) in [7, 11) is 0. The lowest BCUT2D eigenvalue weighted by Gasteiger charge is -2.58. The van der Waals surface area contributed by atoms with Crippen molar-refractivity contribution in [2.75, 3.05) is 0 Å². The third kappa shape index (κ3) is 1.84. The number of allylic oxidation sites excluding steroid dienone is 1. The van der Waals surface area contributed by atoms with Crippen LogP contribution in [0, 0.1) is 28.6 Å². The minimum Gasteiger partial charge on any atom is -0.389 e. The molecule has 3 fully saturated rings. The second-order valence-corrected chi connectivity index (χ2v) is 8.95. The predicted molar refractivity (Wildman–Crippen MR) is 86.0 cm³/mol. The Morgan fingerprint density at radius 3 is 2.73 bits per heavy atom. The van der Waals surface area contributed by atoms with Crippen molar-refractivity contribution in [2.45, 2.75) is 77.1 Å². The molecule has 0 bridgehead atoms. The molecule has 0 aromatic carbocycles. The Morgan fingerprint density at radius 1 is 1.18 bits per heavy atom. The summed E-state index contributed by atoms with van der Waals surface area (Å²) < 4.78 is 14.3. The van der Waals surface area contributed by atoms with Crippen LogP contribution in [0.2, 0.25) is 0 Å². The van der Waals surface area contributed by atoms with E-state index in [2.05, 4.69) is 19.9 Å². The van der Waals surface area contributed by atoms with Crippen molar-refractivity contribution in [3.05, 3.63) is 11.6 Å². The minimum atomic E-state index is -0.813. The standard InChI is InChI=1S/C19H30FNO/c1-18-7-5-12(22)9-11(18)3-4-13-14(18)6-8-19(2)15(13)10-16(20)17(19)21/h9,12-17,22H,3-8,10,21H2,1-2H3/t12-,13-,14+,15+,16+,17+,18+,19+/m1/s1. The van der Waals surface area contributed by atoms with Crippen LogP contribution in [0.5, 0.6) is 0 Å². The highest BCUT2D eigenvalue weighted by Crippen LogP contribution is 2.65.